The summed E-state index contributed by atoms with van der Waals surface area (Å²) in [7, 11) is 0. The first-order chi connectivity index (χ1) is 4.77. The number of nitrogens with one attached hydrogen (secondary N) is 1. The van der Waals surface area contributed by atoms with Crippen LogP contribution in [-0.2, 0) is 11.1 Å². The Balaban J connectivity index is 2.84. The van der Waals surface area contributed by atoms with Crippen LogP contribution >= 0.6 is 0 Å². The van der Waals surface area contributed by atoms with Crippen molar-refractivity contribution in [1.82, 2.24) is 5.32 Å². The summed E-state index contributed by atoms with van der Waals surface area (Å²) in [5.74, 6) is 0.0462. The second-order valence-electron chi connectivity index (χ2n) is 1.94. The van der Waals surface area contributed by atoms with Gasteiger partial charge in [-0.05, 0) is 37.0 Å². The summed E-state index contributed by atoms with van der Waals surface area (Å²) in [6.45, 7) is 1.40. The van der Waals surface area contributed by atoms with E-state index in [1.807, 2.05) is 0 Å². The van der Waals surface area contributed by atoms with Gasteiger partial charge in [-0.1, -0.05) is 0 Å². The number of nitrogens with two attached hydrogens (primary N) is 1. The van der Waals surface area contributed by atoms with Gasteiger partial charge in [-0.3, -0.25) is 4.21 Å². The van der Waals surface area contributed by atoms with E-state index in [-0.39, 0.29) is 5.88 Å². The molecule has 0 fully saturated rings. The third kappa shape index (κ3) is 8.03. The topological polar surface area (TPSA) is 78.2 Å². The van der Waals surface area contributed by atoms with E-state index in [1.54, 1.807) is 0 Å². The molecular formula is C5H13N2O2S-. The highest BCUT2D eigenvalue weighted by Gasteiger charge is 1.85. The van der Waals surface area contributed by atoms with Gasteiger partial charge in [0.05, 0.1) is 5.88 Å². The van der Waals surface area contributed by atoms with E-state index in [2.05, 4.69) is 5.32 Å². The van der Waals surface area contributed by atoms with Gasteiger partial charge in [-0.15, -0.1) is 0 Å². The zero-order valence-corrected chi connectivity index (χ0v) is 6.65. The quantitative estimate of drug-likeness (QED) is 0.397. The lowest BCUT2D eigenvalue weighted by molar-refractivity contribution is 0.528. The Morgan fingerprint density at radius 1 is 1.50 bits per heavy atom. The van der Waals surface area contributed by atoms with Gasteiger partial charge in [0.15, 0.2) is 0 Å². The molecule has 0 aromatic heterocycles. The van der Waals surface area contributed by atoms with Crippen molar-refractivity contribution in [2.45, 2.75) is 12.8 Å². The fraction of sp³-hybridized carbons (Fsp3) is 1.00. The Morgan fingerprint density at radius 2 is 2.20 bits per heavy atom. The predicted molar refractivity (Wildman–Crippen MR) is 40.1 cm³/mol. The van der Waals surface area contributed by atoms with Gasteiger partial charge in [-0.2, -0.15) is 0 Å². The molecule has 0 saturated carbocycles. The van der Waals surface area contributed by atoms with E-state index in [0.717, 1.165) is 19.4 Å². The average molecular weight is 165 g/mol. The molecular weight excluding hydrogens is 152 g/mol. The minimum Gasteiger partial charge on any atom is -0.771 e. The molecule has 0 saturated heterocycles. The Morgan fingerprint density at radius 3 is 2.70 bits per heavy atom. The monoisotopic (exact) mass is 165 g/mol. The van der Waals surface area contributed by atoms with Gasteiger partial charge in [0.1, 0.15) is 0 Å². The van der Waals surface area contributed by atoms with Gasteiger partial charge in [-0.25, -0.2) is 0 Å². The number of rotatable bonds is 6. The molecule has 0 aliphatic heterocycles. The van der Waals surface area contributed by atoms with E-state index < -0.39 is 11.1 Å². The lowest BCUT2D eigenvalue weighted by atomic mass is 10.3. The summed E-state index contributed by atoms with van der Waals surface area (Å²) in [5, 5.41) is 2.75. The van der Waals surface area contributed by atoms with Crippen LogP contribution in [0, 0.1) is 0 Å². The van der Waals surface area contributed by atoms with Crippen molar-refractivity contribution in [2.24, 2.45) is 5.73 Å². The van der Waals surface area contributed by atoms with Gasteiger partial charge in [0, 0.05) is 0 Å². The molecule has 0 radical (unpaired) electrons. The van der Waals surface area contributed by atoms with Crippen molar-refractivity contribution in [3.8, 4) is 0 Å². The maximum atomic E-state index is 9.94. The van der Waals surface area contributed by atoms with Crippen LogP contribution in [0.3, 0.4) is 0 Å². The van der Waals surface area contributed by atoms with Crippen LogP contribution in [-0.4, -0.2) is 27.7 Å². The average Bonchev–Trinajstić information content (AvgIpc) is 1.87. The third-order valence-corrected chi connectivity index (χ3v) is 1.47. The normalized spacial score (nSPS) is 13.4. The van der Waals surface area contributed by atoms with Crippen molar-refractivity contribution < 1.29 is 8.76 Å². The third-order valence-electron chi connectivity index (χ3n) is 1.03. The number of hydrogen-bond donors (Lipinski definition) is 2. The molecule has 10 heavy (non-hydrogen) atoms. The minimum absolute atomic E-state index is 0.0462. The summed E-state index contributed by atoms with van der Waals surface area (Å²) in [5.41, 5.74) is 5.22. The Bertz CT molecular complexity index is 99.6. The Kier molecular flexibility index (Phi) is 7.16. The highest BCUT2D eigenvalue weighted by Crippen LogP contribution is 1.81. The Labute approximate surface area is 63.5 Å². The summed E-state index contributed by atoms with van der Waals surface area (Å²) in [4.78, 5) is 0. The molecule has 1 atom stereocenters. The number of unbranched alkanes of at least 4 members (excludes halogenated alkanes) is 1. The first kappa shape index (κ1) is 10.0. The zero-order valence-electron chi connectivity index (χ0n) is 5.84. The summed E-state index contributed by atoms with van der Waals surface area (Å²) in [6.07, 6.45) is 1.88. The molecule has 0 aliphatic rings. The van der Waals surface area contributed by atoms with Gasteiger partial charge >= 0.3 is 0 Å². The molecule has 0 aliphatic carbocycles. The summed E-state index contributed by atoms with van der Waals surface area (Å²) < 4.78 is 19.9. The zero-order chi connectivity index (χ0) is 7.82. The number of hydrogen-bond acceptors (Lipinski definition) is 4. The van der Waals surface area contributed by atoms with Crippen molar-refractivity contribution in [2.75, 3.05) is 19.0 Å². The molecule has 0 spiro atoms. The highest BCUT2D eigenvalue weighted by atomic mass is 32.2. The van der Waals surface area contributed by atoms with Crippen LogP contribution in [0.4, 0.5) is 0 Å². The fourth-order valence-electron chi connectivity index (χ4n) is 0.550. The molecule has 62 valence electrons. The van der Waals surface area contributed by atoms with Crippen LogP contribution in [0.5, 0.6) is 0 Å². The predicted octanol–water partition coefficient (Wildman–Crippen LogP) is -0.848. The first-order valence-electron chi connectivity index (χ1n) is 3.24. The molecule has 4 nitrogen and oxygen atoms in total. The molecule has 0 aromatic carbocycles. The molecule has 0 heterocycles. The first-order valence-corrected chi connectivity index (χ1v) is 4.48. The second-order valence-corrected chi connectivity index (χ2v) is 2.84. The van der Waals surface area contributed by atoms with Crippen LogP contribution < -0.4 is 11.1 Å². The van der Waals surface area contributed by atoms with Gasteiger partial charge in [0.25, 0.3) is 0 Å². The molecule has 0 rings (SSSR count). The largest absolute Gasteiger partial charge is 0.771 e. The lowest BCUT2D eigenvalue weighted by Gasteiger charge is -2.05. The maximum Gasteiger partial charge on any atom is 0.0588 e. The lowest BCUT2D eigenvalue weighted by Crippen LogP contribution is -2.20. The minimum atomic E-state index is -1.96. The maximum absolute atomic E-state index is 9.94. The molecule has 0 bridgehead atoms. The molecule has 0 amide bonds. The van der Waals surface area contributed by atoms with Crippen molar-refractivity contribution in [3.63, 3.8) is 0 Å². The standard InChI is InChI=1S/C5H14N2O2S/c6-3-1-2-4-7-5-10(8)9/h7H,1-6H2,(H,8,9)/p-1. The van der Waals surface area contributed by atoms with Crippen LogP contribution in [0.1, 0.15) is 12.8 Å². The fourth-order valence-corrected chi connectivity index (χ4v) is 0.861. The van der Waals surface area contributed by atoms with Crippen LogP contribution in [0.2, 0.25) is 0 Å². The van der Waals surface area contributed by atoms with E-state index in [1.165, 1.54) is 0 Å². The van der Waals surface area contributed by atoms with Crippen molar-refractivity contribution >= 4 is 11.1 Å². The van der Waals surface area contributed by atoms with Crippen molar-refractivity contribution in [3.05, 3.63) is 0 Å². The van der Waals surface area contributed by atoms with Gasteiger partial charge in [0.2, 0.25) is 0 Å². The van der Waals surface area contributed by atoms with Crippen LogP contribution in [0.15, 0.2) is 0 Å². The van der Waals surface area contributed by atoms with Crippen molar-refractivity contribution in [1.29, 1.82) is 0 Å². The van der Waals surface area contributed by atoms with E-state index in [4.69, 9.17) is 5.73 Å². The molecule has 5 heteroatoms. The SMILES string of the molecule is NCCCCNCS(=O)[O-]. The Hall–Kier alpha value is 0.0300. The summed E-state index contributed by atoms with van der Waals surface area (Å²) in [6, 6.07) is 0. The van der Waals surface area contributed by atoms with Crippen LogP contribution in [0.25, 0.3) is 0 Å². The van der Waals surface area contributed by atoms with E-state index in [0.29, 0.717) is 6.54 Å². The van der Waals surface area contributed by atoms with E-state index in [9.17, 15) is 8.76 Å². The summed E-state index contributed by atoms with van der Waals surface area (Å²) >= 11 is -1.96. The molecule has 1 unspecified atom stereocenters. The van der Waals surface area contributed by atoms with E-state index >= 15 is 0 Å². The second kappa shape index (κ2) is 7.14. The molecule has 3 N–H and O–H groups in total. The molecule has 0 aromatic rings. The smallest absolute Gasteiger partial charge is 0.0588 e. The highest BCUT2D eigenvalue weighted by molar-refractivity contribution is 7.79. The van der Waals surface area contributed by atoms with Gasteiger partial charge < -0.3 is 15.6 Å².